The molecule has 7 heteroatoms. The Kier molecular flexibility index (Phi) is 3.75. The van der Waals surface area contributed by atoms with Crippen LogP contribution in [0.2, 0.25) is 0 Å². The first-order chi connectivity index (χ1) is 8.97. The van der Waals surface area contributed by atoms with Gasteiger partial charge in [0, 0.05) is 4.47 Å². The first-order valence-electron chi connectivity index (χ1n) is 5.16. The third-order valence-corrected chi connectivity index (χ3v) is 2.94. The van der Waals surface area contributed by atoms with E-state index in [2.05, 4.69) is 26.2 Å². The maximum atomic E-state index is 13.2. The van der Waals surface area contributed by atoms with E-state index in [0.29, 0.717) is 0 Å². The summed E-state index contributed by atoms with van der Waals surface area (Å²) in [4.78, 5) is 15.4. The highest BCUT2D eigenvalue weighted by Crippen LogP contribution is 2.23. The quantitative estimate of drug-likeness (QED) is 0.658. The molecule has 0 aliphatic rings. The van der Waals surface area contributed by atoms with Crippen molar-refractivity contribution < 1.29 is 13.6 Å². The van der Waals surface area contributed by atoms with E-state index >= 15 is 0 Å². The molecule has 1 aromatic heterocycles. The van der Waals surface area contributed by atoms with E-state index in [0.717, 1.165) is 12.1 Å². The normalized spacial score (nSPS) is 10.3. The zero-order valence-electron chi connectivity index (χ0n) is 9.45. The first-order valence-corrected chi connectivity index (χ1v) is 5.95. The summed E-state index contributed by atoms with van der Waals surface area (Å²) < 4.78 is 26.3. The summed E-state index contributed by atoms with van der Waals surface area (Å²) in [6.07, 6.45) is 0. The van der Waals surface area contributed by atoms with Crippen molar-refractivity contribution >= 4 is 33.3 Å². The second-order valence-corrected chi connectivity index (χ2v) is 4.51. The highest BCUT2D eigenvalue weighted by molar-refractivity contribution is 9.10. The predicted molar refractivity (Wildman–Crippen MR) is 70.7 cm³/mol. The van der Waals surface area contributed by atoms with Crippen LogP contribution in [0.25, 0.3) is 0 Å². The lowest BCUT2D eigenvalue weighted by molar-refractivity contribution is 0.102. The van der Waals surface area contributed by atoms with Crippen LogP contribution >= 0.6 is 15.9 Å². The van der Waals surface area contributed by atoms with Gasteiger partial charge in [0.2, 0.25) is 5.95 Å². The fourth-order valence-corrected chi connectivity index (χ4v) is 1.90. The number of carbonyl (C=O) groups is 1. The van der Waals surface area contributed by atoms with Crippen LogP contribution in [-0.4, -0.2) is 10.9 Å². The standard InChI is InChI=1S/C12H8BrF2N3O/c13-7-5-8(14)9(16)4-6(7)12(19)18-11-3-1-2-10(15)17-11/h1-5H,16H2,(H,17,18,19). The van der Waals surface area contributed by atoms with Crippen molar-refractivity contribution in [2.24, 2.45) is 0 Å². The molecule has 1 heterocycles. The molecular weight excluding hydrogens is 320 g/mol. The first kappa shape index (κ1) is 13.4. The average Bonchev–Trinajstić information content (AvgIpc) is 2.33. The third-order valence-electron chi connectivity index (χ3n) is 2.29. The van der Waals surface area contributed by atoms with Crippen LogP contribution in [0.15, 0.2) is 34.8 Å². The van der Waals surface area contributed by atoms with Crippen molar-refractivity contribution in [3.05, 3.63) is 52.1 Å². The number of anilines is 2. The number of halogens is 3. The minimum absolute atomic E-state index is 0.0554. The molecule has 1 amide bonds. The van der Waals surface area contributed by atoms with Gasteiger partial charge in [0.15, 0.2) is 0 Å². The van der Waals surface area contributed by atoms with E-state index in [9.17, 15) is 13.6 Å². The Morgan fingerprint density at radius 3 is 2.74 bits per heavy atom. The molecule has 0 atom stereocenters. The van der Waals surface area contributed by atoms with Crippen molar-refractivity contribution in [3.8, 4) is 0 Å². The summed E-state index contributed by atoms with van der Waals surface area (Å²) in [7, 11) is 0. The molecule has 0 saturated heterocycles. The molecule has 19 heavy (non-hydrogen) atoms. The number of benzene rings is 1. The molecule has 0 spiro atoms. The van der Waals surface area contributed by atoms with Gasteiger partial charge in [-0.3, -0.25) is 4.79 Å². The van der Waals surface area contributed by atoms with E-state index in [1.165, 1.54) is 18.2 Å². The molecule has 4 nitrogen and oxygen atoms in total. The predicted octanol–water partition coefficient (Wildman–Crippen LogP) is 2.96. The molecule has 2 rings (SSSR count). The summed E-state index contributed by atoms with van der Waals surface area (Å²) in [5, 5.41) is 2.39. The van der Waals surface area contributed by atoms with Gasteiger partial charge < -0.3 is 11.1 Å². The van der Waals surface area contributed by atoms with Gasteiger partial charge in [0.25, 0.3) is 5.91 Å². The molecule has 3 N–H and O–H groups in total. The molecule has 0 fully saturated rings. The number of rotatable bonds is 2. The van der Waals surface area contributed by atoms with Crippen molar-refractivity contribution in [3.63, 3.8) is 0 Å². The van der Waals surface area contributed by atoms with E-state index in [1.807, 2.05) is 0 Å². The van der Waals surface area contributed by atoms with Crippen molar-refractivity contribution in [2.45, 2.75) is 0 Å². The molecule has 0 aliphatic carbocycles. The van der Waals surface area contributed by atoms with Crippen LogP contribution in [0.5, 0.6) is 0 Å². The van der Waals surface area contributed by atoms with Gasteiger partial charge in [0.05, 0.1) is 11.3 Å². The van der Waals surface area contributed by atoms with Crippen molar-refractivity contribution in [2.75, 3.05) is 11.1 Å². The van der Waals surface area contributed by atoms with E-state index in [-0.39, 0.29) is 21.5 Å². The summed E-state index contributed by atoms with van der Waals surface area (Å²) in [5.41, 5.74) is 5.37. The van der Waals surface area contributed by atoms with E-state index in [1.54, 1.807) is 0 Å². The second kappa shape index (κ2) is 5.31. The van der Waals surface area contributed by atoms with Crippen LogP contribution in [0.4, 0.5) is 20.3 Å². The van der Waals surface area contributed by atoms with Gasteiger partial charge >= 0.3 is 0 Å². The van der Waals surface area contributed by atoms with Gasteiger partial charge in [-0.25, -0.2) is 9.37 Å². The lowest BCUT2D eigenvalue weighted by Crippen LogP contribution is -2.14. The Balaban J connectivity index is 2.28. The highest BCUT2D eigenvalue weighted by Gasteiger charge is 2.14. The van der Waals surface area contributed by atoms with Crippen LogP contribution in [0, 0.1) is 11.8 Å². The largest absolute Gasteiger partial charge is 0.396 e. The minimum atomic E-state index is -0.713. The molecule has 2 aromatic rings. The highest BCUT2D eigenvalue weighted by atomic mass is 79.9. The number of pyridine rings is 1. The number of nitrogens with one attached hydrogen (secondary N) is 1. The molecule has 0 bridgehead atoms. The number of amides is 1. The number of hydrogen-bond acceptors (Lipinski definition) is 3. The number of nitrogens with two attached hydrogens (primary N) is 1. The molecule has 98 valence electrons. The van der Waals surface area contributed by atoms with Gasteiger partial charge in [-0.15, -0.1) is 0 Å². The molecular formula is C12H8BrF2N3O. The number of carbonyl (C=O) groups excluding carboxylic acids is 1. The second-order valence-electron chi connectivity index (χ2n) is 3.65. The van der Waals surface area contributed by atoms with Gasteiger partial charge in [-0.05, 0) is 40.2 Å². The third kappa shape index (κ3) is 3.05. The molecule has 0 aliphatic heterocycles. The van der Waals surface area contributed by atoms with Crippen molar-refractivity contribution in [1.29, 1.82) is 0 Å². The monoisotopic (exact) mass is 327 g/mol. The zero-order valence-corrected chi connectivity index (χ0v) is 11.0. The van der Waals surface area contributed by atoms with Crippen molar-refractivity contribution in [1.82, 2.24) is 4.98 Å². The maximum Gasteiger partial charge on any atom is 0.258 e. The van der Waals surface area contributed by atoms with E-state index < -0.39 is 17.7 Å². The Bertz CT molecular complexity index is 649. The number of hydrogen-bond donors (Lipinski definition) is 2. The zero-order chi connectivity index (χ0) is 14.0. The summed E-state index contributed by atoms with van der Waals surface area (Å²) in [5.74, 6) is -1.86. The molecule has 1 aromatic carbocycles. The maximum absolute atomic E-state index is 13.2. The lowest BCUT2D eigenvalue weighted by atomic mass is 10.2. The Hall–Kier alpha value is -2.02. The Morgan fingerprint density at radius 2 is 2.05 bits per heavy atom. The number of nitrogen functional groups attached to an aromatic ring is 1. The summed E-state index contributed by atoms with van der Waals surface area (Å²) >= 11 is 3.06. The van der Waals surface area contributed by atoms with Crippen LogP contribution in [0.1, 0.15) is 10.4 Å². The van der Waals surface area contributed by atoms with Crippen LogP contribution in [-0.2, 0) is 0 Å². The van der Waals surface area contributed by atoms with Crippen LogP contribution < -0.4 is 11.1 Å². The van der Waals surface area contributed by atoms with Crippen LogP contribution in [0.3, 0.4) is 0 Å². The average molecular weight is 328 g/mol. The van der Waals surface area contributed by atoms with E-state index in [4.69, 9.17) is 5.73 Å². The topological polar surface area (TPSA) is 68.0 Å². The lowest BCUT2D eigenvalue weighted by Gasteiger charge is -2.07. The fraction of sp³-hybridized carbons (Fsp3) is 0. The molecule has 0 saturated carbocycles. The Morgan fingerprint density at radius 1 is 1.32 bits per heavy atom. The van der Waals surface area contributed by atoms with Gasteiger partial charge in [-0.2, -0.15) is 4.39 Å². The Labute approximate surface area is 115 Å². The van der Waals surface area contributed by atoms with Gasteiger partial charge in [0.1, 0.15) is 11.6 Å². The minimum Gasteiger partial charge on any atom is -0.396 e. The number of aromatic nitrogens is 1. The number of nitrogens with zero attached hydrogens (tertiary/aromatic N) is 1. The SMILES string of the molecule is Nc1cc(C(=O)Nc2cccc(F)n2)c(Br)cc1F. The summed E-state index contributed by atoms with van der Waals surface area (Å²) in [6, 6.07) is 6.27. The molecule has 0 unspecified atom stereocenters. The fourth-order valence-electron chi connectivity index (χ4n) is 1.40. The summed E-state index contributed by atoms with van der Waals surface area (Å²) in [6.45, 7) is 0. The molecule has 0 radical (unpaired) electrons. The van der Waals surface area contributed by atoms with Gasteiger partial charge in [-0.1, -0.05) is 6.07 Å². The smallest absolute Gasteiger partial charge is 0.258 e.